The predicted molar refractivity (Wildman–Crippen MR) is 96.7 cm³/mol. The van der Waals surface area contributed by atoms with E-state index in [0.29, 0.717) is 13.0 Å². The number of esters is 1. The molecule has 1 saturated heterocycles. The van der Waals surface area contributed by atoms with Gasteiger partial charge in [0.25, 0.3) is 5.91 Å². The number of hydrogen-bond acceptors (Lipinski definition) is 7. The van der Waals surface area contributed by atoms with Crippen molar-refractivity contribution in [1.29, 1.82) is 0 Å². The highest BCUT2D eigenvalue weighted by molar-refractivity contribution is 7.91. The molecule has 1 aliphatic heterocycles. The van der Waals surface area contributed by atoms with Crippen molar-refractivity contribution < 1.29 is 31.2 Å². The molecule has 0 saturated carbocycles. The van der Waals surface area contributed by atoms with Crippen molar-refractivity contribution in [3.8, 4) is 0 Å². The van der Waals surface area contributed by atoms with Crippen LogP contribution in [0.4, 0.5) is 0 Å². The second-order valence-electron chi connectivity index (χ2n) is 6.51. The minimum atomic E-state index is -3.52. The Kier molecular flexibility index (Phi) is 8.48. The van der Waals surface area contributed by atoms with Crippen LogP contribution in [0.15, 0.2) is 0 Å². The monoisotopic (exact) mass is 412 g/mol. The summed E-state index contributed by atoms with van der Waals surface area (Å²) in [5.74, 6) is -1.65. The molecule has 0 aromatic rings. The van der Waals surface area contributed by atoms with Crippen molar-refractivity contribution in [3.05, 3.63) is 0 Å². The summed E-state index contributed by atoms with van der Waals surface area (Å²) in [6.45, 7) is 1.85. The lowest BCUT2D eigenvalue weighted by Gasteiger charge is -2.28. The molecule has 1 atom stereocenters. The van der Waals surface area contributed by atoms with Gasteiger partial charge in [-0.25, -0.2) is 21.1 Å². The van der Waals surface area contributed by atoms with E-state index in [9.17, 15) is 26.4 Å². The van der Waals surface area contributed by atoms with Gasteiger partial charge in [0.2, 0.25) is 10.0 Å². The summed E-state index contributed by atoms with van der Waals surface area (Å²) in [5, 5.41) is 0. The van der Waals surface area contributed by atoms with Crippen molar-refractivity contribution in [2.24, 2.45) is 0 Å². The van der Waals surface area contributed by atoms with Gasteiger partial charge < -0.3 is 9.64 Å². The maximum absolute atomic E-state index is 12.4. The smallest absolute Gasteiger partial charge is 0.307 e. The first kappa shape index (κ1) is 22.8. The number of sulfone groups is 1. The number of amides is 1. The Morgan fingerprint density at radius 3 is 2.38 bits per heavy atom. The number of carbonyl (C=O) groups is 2. The van der Waals surface area contributed by atoms with Gasteiger partial charge in [0.1, 0.15) is 0 Å². The Bertz CT molecular complexity index is 702. The SMILES string of the molecule is CCCCN(C(=O)COC(=O)CCS(=O)(=O)N(C)C)[C@H]1CCS(=O)(=O)C1. The maximum atomic E-state index is 12.4. The third-order valence-corrected chi connectivity index (χ3v) is 7.78. The van der Waals surface area contributed by atoms with Gasteiger partial charge in [-0.05, 0) is 12.8 Å². The zero-order chi connectivity index (χ0) is 20.0. The minimum absolute atomic E-state index is 0.0513. The van der Waals surface area contributed by atoms with E-state index in [2.05, 4.69) is 0 Å². The van der Waals surface area contributed by atoms with Gasteiger partial charge in [-0.2, -0.15) is 0 Å². The largest absolute Gasteiger partial charge is 0.456 e. The summed E-state index contributed by atoms with van der Waals surface area (Å²) in [7, 11) is -3.92. The number of nitrogens with zero attached hydrogens (tertiary/aromatic N) is 2. The van der Waals surface area contributed by atoms with Crippen LogP contribution in [0, 0.1) is 0 Å². The van der Waals surface area contributed by atoms with E-state index in [4.69, 9.17) is 4.74 Å². The van der Waals surface area contributed by atoms with E-state index >= 15 is 0 Å². The molecule has 1 rings (SSSR count). The average Bonchev–Trinajstić information content (AvgIpc) is 2.91. The average molecular weight is 413 g/mol. The van der Waals surface area contributed by atoms with Crippen LogP contribution in [0.25, 0.3) is 0 Å². The lowest BCUT2D eigenvalue weighted by molar-refractivity contribution is -0.152. The molecule has 0 aliphatic carbocycles. The second-order valence-corrected chi connectivity index (χ2v) is 11.0. The minimum Gasteiger partial charge on any atom is -0.456 e. The molecule has 0 unspecified atom stereocenters. The quantitative estimate of drug-likeness (QED) is 0.449. The lowest BCUT2D eigenvalue weighted by atomic mass is 10.2. The molecule has 152 valence electrons. The summed E-state index contributed by atoms with van der Waals surface area (Å²) in [4.78, 5) is 25.6. The second kappa shape index (κ2) is 9.65. The highest BCUT2D eigenvalue weighted by Crippen LogP contribution is 2.18. The van der Waals surface area contributed by atoms with E-state index in [1.165, 1.54) is 19.0 Å². The van der Waals surface area contributed by atoms with Crippen LogP contribution in [0.5, 0.6) is 0 Å². The van der Waals surface area contributed by atoms with Crippen LogP contribution in [-0.2, 0) is 34.2 Å². The molecule has 0 aromatic carbocycles. The molecule has 0 aromatic heterocycles. The molecular formula is C15H28N2O7S2. The first-order chi connectivity index (χ1) is 12.0. The lowest BCUT2D eigenvalue weighted by Crippen LogP contribution is -2.44. The standard InChI is InChI=1S/C15H28N2O7S2/c1-4-5-8-17(13-6-9-25(20,21)12-13)14(18)11-24-15(19)7-10-26(22,23)16(2)3/h13H,4-12H2,1-3H3/t13-/m0/s1. The topological polar surface area (TPSA) is 118 Å². The highest BCUT2D eigenvalue weighted by atomic mass is 32.2. The van der Waals surface area contributed by atoms with Crippen LogP contribution in [0.1, 0.15) is 32.6 Å². The Labute approximate surface area is 155 Å². The number of sulfonamides is 1. The van der Waals surface area contributed by atoms with Gasteiger partial charge in [0.05, 0.1) is 23.7 Å². The molecule has 0 spiro atoms. The van der Waals surface area contributed by atoms with Gasteiger partial charge in [-0.3, -0.25) is 9.59 Å². The van der Waals surface area contributed by atoms with Crippen LogP contribution >= 0.6 is 0 Å². The molecule has 11 heteroatoms. The van der Waals surface area contributed by atoms with E-state index in [1.807, 2.05) is 6.92 Å². The van der Waals surface area contributed by atoms with Crippen LogP contribution in [0.2, 0.25) is 0 Å². The van der Waals surface area contributed by atoms with Crippen molar-refractivity contribution in [2.45, 2.75) is 38.6 Å². The first-order valence-electron chi connectivity index (χ1n) is 8.54. The summed E-state index contributed by atoms with van der Waals surface area (Å²) >= 11 is 0. The van der Waals surface area contributed by atoms with Crippen molar-refractivity contribution in [3.63, 3.8) is 0 Å². The molecule has 9 nitrogen and oxygen atoms in total. The predicted octanol–water partition coefficient (Wildman–Crippen LogP) is -0.373. The normalized spacial score (nSPS) is 19.5. The van der Waals surface area contributed by atoms with Gasteiger partial charge >= 0.3 is 5.97 Å². The molecule has 1 amide bonds. The number of unbranched alkanes of at least 4 members (excludes halogenated alkanes) is 1. The van der Waals surface area contributed by atoms with Crippen molar-refractivity contribution >= 4 is 31.7 Å². The summed E-state index contributed by atoms with van der Waals surface area (Å²) in [5.41, 5.74) is 0. The molecule has 0 bridgehead atoms. The number of ether oxygens (including phenoxy) is 1. The van der Waals surface area contributed by atoms with Crippen LogP contribution in [0.3, 0.4) is 0 Å². The Balaban J connectivity index is 2.57. The van der Waals surface area contributed by atoms with E-state index in [1.54, 1.807) is 0 Å². The van der Waals surface area contributed by atoms with E-state index < -0.39 is 50.1 Å². The van der Waals surface area contributed by atoms with Crippen LogP contribution < -0.4 is 0 Å². The fourth-order valence-electron chi connectivity index (χ4n) is 2.55. The Hall–Kier alpha value is -1.20. The number of rotatable bonds is 10. The summed E-state index contributed by atoms with van der Waals surface area (Å²) in [6, 6.07) is -0.396. The fraction of sp³-hybridized carbons (Fsp3) is 0.867. The fourth-order valence-corrected chi connectivity index (χ4v) is 5.07. The van der Waals surface area contributed by atoms with E-state index in [0.717, 1.165) is 17.1 Å². The third-order valence-electron chi connectivity index (χ3n) is 4.20. The van der Waals surface area contributed by atoms with Crippen LogP contribution in [-0.4, -0.2) is 88.5 Å². The maximum Gasteiger partial charge on any atom is 0.307 e. The molecule has 26 heavy (non-hydrogen) atoms. The third kappa shape index (κ3) is 7.20. The van der Waals surface area contributed by atoms with Gasteiger partial charge in [-0.15, -0.1) is 0 Å². The molecule has 1 fully saturated rings. The van der Waals surface area contributed by atoms with Crippen molar-refractivity contribution in [1.82, 2.24) is 9.21 Å². The Morgan fingerprint density at radius 2 is 1.88 bits per heavy atom. The first-order valence-corrected chi connectivity index (χ1v) is 12.0. The molecule has 0 radical (unpaired) electrons. The van der Waals surface area contributed by atoms with Gasteiger partial charge in [0, 0.05) is 26.7 Å². The number of hydrogen-bond donors (Lipinski definition) is 0. The summed E-state index contributed by atoms with van der Waals surface area (Å²) in [6.07, 6.45) is 1.59. The molecular weight excluding hydrogens is 384 g/mol. The summed E-state index contributed by atoms with van der Waals surface area (Å²) < 4.78 is 52.5. The zero-order valence-electron chi connectivity index (χ0n) is 15.5. The van der Waals surface area contributed by atoms with E-state index in [-0.39, 0.29) is 17.9 Å². The number of carbonyl (C=O) groups excluding carboxylic acids is 2. The molecule has 1 aliphatic rings. The van der Waals surface area contributed by atoms with Gasteiger partial charge in [0.15, 0.2) is 16.4 Å². The molecule has 1 heterocycles. The van der Waals surface area contributed by atoms with Gasteiger partial charge in [-0.1, -0.05) is 13.3 Å². The van der Waals surface area contributed by atoms with Crippen molar-refractivity contribution in [2.75, 3.05) is 44.5 Å². The highest BCUT2D eigenvalue weighted by Gasteiger charge is 2.34. The molecule has 0 N–H and O–H groups in total. The Morgan fingerprint density at radius 1 is 1.23 bits per heavy atom. The zero-order valence-corrected chi connectivity index (χ0v) is 17.1.